The van der Waals surface area contributed by atoms with Crippen LogP contribution in [0.4, 0.5) is 4.39 Å². The molecule has 0 aliphatic heterocycles. The van der Waals surface area contributed by atoms with Gasteiger partial charge in [-0.1, -0.05) is 31.0 Å². The second kappa shape index (κ2) is 7.09. The summed E-state index contributed by atoms with van der Waals surface area (Å²) >= 11 is 6.00. The average Bonchev–Trinajstić information content (AvgIpc) is 3.23. The third-order valence-electron chi connectivity index (χ3n) is 4.01. The Morgan fingerprint density at radius 1 is 1.50 bits per heavy atom. The van der Waals surface area contributed by atoms with Gasteiger partial charge in [0.25, 0.3) is 0 Å². The molecule has 3 atom stereocenters. The maximum atomic E-state index is 13.8. The average molecular weight is 328 g/mol. The lowest BCUT2D eigenvalue weighted by Crippen LogP contribution is -2.34. The molecule has 120 valence electrons. The first-order chi connectivity index (χ1) is 10.5. The standard InChI is InChI=1S/C16H19ClFNO3/c1-2-4-9(16(21)22)8-19-15(20)11-7-10(11)14-12(17)5-3-6-13(14)18/h3,5-6,9-11H,2,4,7-8H2,1H3,(H,19,20)(H,21,22). The summed E-state index contributed by atoms with van der Waals surface area (Å²) in [7, 11) is 0. The highest BCUT2D eigenvalue weighted by molar-refractivity contribution is 6.31. The predicted octanol–water partition coefficient (Wildman–Crippen LogP) is 3.20. The molecule has 1 saturated carbocycles. The molecule has 2 N–H and O–H groups in total. The van der Waals surface area contributed by atoms with Crippen molar-refractivity contribution in [2.24, 2.45) is 11.8 Å². The maximum absolute atomic E-state index is 13.8. The van der Waals surface area contributed by atoms with Crippen molar-refractivity contribution in [3.63, 3.8) is 0 Å². The number of amides is 1. The van der Waals surface area contributed by atoms with E-state index in [1.807, 2.05) is 6.92 Å². The van der Waals surface area contributed by atoms with E-state index in [1.165, 1.54) is 12.1 Å². The normalized spacial score (nSPS) is 21.2. The van der Waals surface area contributed by atoms with E-state index in [9.17, 15) is 14.0 Å². The lowest BCUT2D eigenvalue weighted by molar-refractivity contribution is -0.142. The SMILES string of the molecule is CCCC(CNC(=O)C1CC1c1c(F)cccc1Cl)C(=O)O. The molecule has 1 fully saturated rings. The number of hydrogen-bond donors (Lipinski definition) is 2. The Kier molecular flexibility index (Phi) is 5.40. The van der Waals surface area contributed by atoms with Crippen LogP contribution < -0.4 is 5.32 Å². The van der Waals surface area contributed by atoms with Gasteiger partial charge < -0.3 is 10.4 Å². The molecule has 1 aliphatic carbocycles. The number of carbonyl (C=O) groups excluding carboxylic acids is 1. The fourth-order valence-corrected chi connectivity index (χ4v) is 2.99. The highest BCUT2D eigenvalue weighted by Gasteiger charge is 2.46. The summed E-state index contributed by atoms with van der Waals surface area (Å²) in [6.45, 7) is 2.01. The summed E-state index contributed by atoms with van der Waals surface area (Å²) in [4.78, 5) is 23.1. The van der Waals surface area contributed by atoms with Crippen LogP contribution in [0.25, 0.3) is 0 Å². The number of halogens is 2. The van der Waals surface area contributed by atoms with E-state index in [-0.39, 0.29) is 24.3 Å². The van der Waals surface area contributed by atoms with Crippen LogP contribution in [0.3, 0.4) is 0 Å². The fraction of sp³-hybridized carbons (Fsp3) is 0.500. The second-order valence-corrected chi connectivity index (χ2v) is 6.06. The van der Waals surface area contributed by atoms with Gasteiger partial charge in [-0.3, -0.25) is 9.59 Å². The van der Waals surface area contributed by atoms with Gasteiger partial charge >= 0.3 is 5.97 Å². The smallest absolute Gasteiger partial charge is 0.308 e. The van der Waals surface area contributed by atoms with Gasteiger partial charge in [-0.15, -0.1) is 0 Å². The minimum atomic E-state index is -0.911. The van der Waals surface area contributed by atoms with Crippen LogP contribution in [0.5, 0.6) is 0 Å². The third kappa shape index (κ3) is 3.77. The van der Waals surface area contributed by atoms with Gasteiger partial charge in [-0.25, -0.2) is 4.39 Å². The molecule has 4 nitrogen and oxygen atoms in total. The minimum Gasteiger partial charge on any atom is -0.481 e. The van der Waals surface area contributed by atoms with E-state index in [1.54, 1.807) is 6.07 Å². The fourth-order valence-electron chi connectivity index (χ4n) is 2.68. The number of nitrogens with one attached hydrogen (secondary N) is 1. The number of carbonyl (C=O) groups is 2. The highest BCUT2D eigenvalue weighted by Crippen LogP contribution is 2.50. The first-order valence-electron chi connectivity index (χ1n) is 7.40. The van der Waals surface area contributed by atoms with Crippen molar-refractivity contribution in [1.82, 2.24) is 5.32 Å². The summed E-state index contributed by atoms with van der Waals surface area (Å²) in [5, 5.41) is 12.0. The van der Waals surface area contributed by atoms with E-state index < -0.39 is 17.7 Å². The molecule has 1 amide bonds. The molecule has 0 heterocycles. The van der Waals surface area contributed by atoms with Crippen LogP contribution in [0.15, 0.2) is 18.2 Å². The molecule has 1 aliphatic rings. The van der Waals surface area contributed by atoms with Gasteiger partial charge in [-0.2, -0.15) is 0 Å². The minimum absolute atomic E-state index is 0.107. The topological polar surface area (TPSA) is 66.4 Å². The van der Waals surface area contributed by atoms with E-state index in [4.69, 9.17) is 16.7 Å². The quantitative estimate of drug-likeness (QED) is 0.808. The Labute approximate surface area is 133 Å². The van der Waals surface area contributed by atoms with E-state index in [0.29, 0.717) is 23.4 Å². The molecule has 1 aromatic rings. The van der Waals surface area contributed by atoms with Gasteiger partial charge in [0, 0.05) is 29.0 Å². The molecule has 1 aromatic carbocycles. The van der Waals surface area contributed by atoms with Crippen molar-refractivity contribution in [3.05, 3.63) is 34.6 Å². The highest BCUT2D eigenvalue weighted by atomic mass is 35.5. The van der Waals surface area contributed by atoms with Crippen LogP contribution in [0.1, 0.15) is 37.7 Å². The van der Waals surface area contributed by atoms with Gasteiger partial charge in [-0.05, 0) is 25.0 Å². The van der Waals surface area contributed by atoms with E-state index >= 15 is 0 Å². The molecule has 2 rings (SSSR count). The first-order valence-corrected chi connectivity index (χ1v) is 7.77. The van der Waals surface area contributed by atoms with Crippen molar-refractivity contribution in [2.75, 3.05) is 6.54 Å². The van der Waals surface area contributed by atoms with Crippen molar-refractivity contribution in [3.8, 4) is 0 Å². The maximum Gasteiger partial charge on any atom is 0.308 e. The Hall–Kier alpha value is -1.62. The van der Waals surface area contributed by atoms with E-state index in [0.717, 1.165) is 6.42 Å². The van der Waals surface area contributed by atoms with Gasteiger partial charge in [0.2, 0.25) is 5.91 Å². The number of benzene rings is 1. The lowest BCUT2D eigenvalue weighted by atomic mass is 10.0. The molecular weight excluding hydrogens is 309 g/mol. The van der Waals surface area contributed by atoms with Crippen LogP contribution in [-0.4, -0.2) is 23.5 Å². The van der Waals surface area contributed by atoms with Gasteiger partial charge in [0.05, 0.1) is 5.92 Å². The summed E-state index contributed by atoms with van der Waals surface area (Å²) in [5.41, 5.74) is 0.382. The van der Waals surface area contributed by atoms with Crippen molar-refractivity contribution in [2.45, 2.75) is 32.1 Å². The number of carboxylic acids is 1. The Morgan fingerprint density at radius 3 is 2.82 bits per heavy atom. The van der Waals surface area contributed by atoms with Crippen LogP contribution >= 0.6 is 11.6 Å². The molecule has 6 heteroatoms. The number of rotatable bonds is 7. The molecule has 0 saturated heterocycles. The van der Waals surface area contributed by atoms with E-state index in [2.05, 4.69) is 5.32 Å². The Balaban J connectivity index is 1.92. The first kappa shape index (κ1) is 16.7. The van der Waals surface area contributed by atoms with Crippen molar-refractivity contribution >= 4 is 23.5 Å². The molecule has 3 unspecified atom stereocenters. The number of carboxylic acid groups (broad SMARTS) is 1. The molecule has 0 radical (unpaired) electrons. The molecule has 0 aromatic heterocycles. The summed E-state index contributed by atoms with van der Waals surface area (Å²) in [5.74, 6) is -2.67. The second-order valence-electron chi connectivity index (χ2n) is 5.65. The zero-order chi connectivity index (χ0) is 16.3. The van der Waals surface area contributed by atoms with Crippen molar-refractivity contribution < 1.29 is 19.1 Å². The largest absolute Gasteiger partial charge is 0.481 e. The monoisotopic (exact) mass is 327 g/mol. The van der Waals surface area contributed by atoms with Crippen LogP contribution in [-0.2, 0) is 9.59 Å². The van der Waals surface area contributed by atoms with Crippen LogP contribution in [0, 0.1) is 17.7 Å². The zero-order valence-electron chi connectivity index (χ0n) is 12.3. The molecular formula is C16H19ClFNO3. The number of hydrogen-bond acceptors (Lipinski definition) is 2. The summed E-state index contributed by atoms with van der Waals surface area (Å²) in [6.07, 6.45) is 1.80. The molecule has 0 bridgehead atoms. The molecule has 0 spiro atoms. The summed E-state index contributed by atoms with van der Waals surface area (Å²) in [6, 6.07) is 4.46. The number of aliphatic carboxylic acids is 1. The lowest BCUT2D eigenvalue weighted by Gasteiger charge is -2.12. The van der Waals surface area contributed by atoms with Gasteiger partial charge in [0.1, 0.15) is 5.82 Å². The summed E-state index contributed by atoms with van der Waals surface area (Å²) < 4.78 is 13.8. The van der Waals surface area contributed by atoms with Crippen molar-refractivity contribution in [1.29, 1.82) is 0 Å². The Bertz CT molecular complexity index is 558. The van der Waals surface area contributed by atoms with Gasteiger partial charge in [0.15, 0.2) is 0 Å². The Morgan fingerprint density at radius 2 is 2.23 bits per heavy atom. The zero-order valence-corrected chi connectivity index (χ0v) is 13.1. The third-order valence-corrected chi connectivity index (χ3v) is 4.34. The van der Waals surface area contributed by atoms with Crippen LogP contribution in [0.2, 0.25) is 5.02 Å². The molecule has 22 heavy (non-hydrogen) atoms. The predicted molar refractivity (Wildman–Crippen MR) is 81.3 cm³/mol.